The Bertz CT molecular complexity index is 384. The van der Waals surface area contributed by atoms with Crippen molar-refractivity contribution in [3.05, 3.63) is 0 Å². The van der Waals surface area contributed by atoms with Crippen molar-refractivity contribution in [1.82, 2.24) is 15.1 Å². The summed E-state index contributed by atoms with van der Waals surface area (Å²) in [5, 5.41) is 3.52. The monoisotopic (exact) mass is 349 g/mol. The third kappa shape index (κ3) is 5.19. The molecule has 144 valence electrons. The van der Waals surface area contributed by atoms with Crippen molar-refractivity contribution in [3.8, 4) is 0 Å². The van der Waals surface area contributed by atoms with Gasteiger partial charge in [-0.2, -0.15) is 0 Å². The lowest BCUT2D eigenvalue weighted by molar-refractivity contribution is -0.137. The van der Waals surface area contributed by atoms with E-state index in [1.165, 1.54) is 83.6 Å². The summed E-state index contributed by atoms with van der Waals surface area (Å²) in [5.41, 5.74) is 0. The Kier molecular flexibility index (Phi) is 7.60. The van der Waals surface area contributed by atoms with Crippen molar-refractivity contribution in [3.63, 3.8) is 0 Å². The van der Waals surface area contributed by atoms with E-state index in [4.69, 9.17) is 0 Å². The third-order valence-corrected chi connectivity index (χ3v) is 6.79. The van der Waals surface area contributed by atoms with Crippen LogP contribution < -0.4 is 5.32 Å². The van der Waals surface area contributed by atoms with Crippen molar-refractivity contribution >= 4 is 5.91 Å². The van der Waals surface area contributed by atoms with Crippen molar-refractivity contribution in [2.75, 3.05) is 26.2 Å². The van der Waals surface area contributed by atoms with Gasteiger partial charge in [0.25, 0.3) is 0 Å². The third-order valence-electron chi connectivity index (χ3n) is 6.79. The molecule has 0 unspecified atom stereocenters. The van der Waals surface area contributed by atoms with Crippen molar-refractivity contribution in [1.29, 1.82) is 0 Å². The average molecular weight is 350 g/mol. The summed E-state index contributed by atoms with van der Waals surface area (Å²) in [6.45, 7) is 6.13. The normalized spacial score (nSPS) is 26.8. The first-order valence-electron chi connectivity index (χ1n) is 11.1. The predicted molar refractivity (Wildman–Crippen MR) is 104 cm³/mol. The molecule has 3 fully saturated rings. The summed E-state index contributed by atoms with van der Waals surface area (Å²) in [5.74, 6) is 0.375. The Morgan fingerprint density at radius 1 is 0.920 bits per heavy atom. The summed E-state index contributed by atoms with van der Waals surface area (Å²) in [6.07, 6.45) is 15.5. The van der Waals surface area contributed by atoms with E-state index >= 15 is 0 Å². The standard InChI is InChI=1S/C21H39N3O/c1-2-23-15-9-14-20(23)16-22-17-21(25)24(18-10-5-3-6-11-18)19-12-7-4-8-13-19/h18-20,22H,2-17H2,1H3/t20-/m0/s1. The van der Waals surface area contributed by atoms with Gasteiger partial charge in [-0.25, -0.2) is 0 Å². The highest BCUT2D eigenvalue weighted by Crippen LogP contribution is 2.30. The van der Waals surface area contributed by atoms with E-state index in [0.717, 1.165) is 13.1 Å². The molecule has 2 saturated carbocycles. The molecule has 2 aliphatic carbocycles. The number of hydrogen-bond donors (Lipinski definition) is 1. The van der Waals surface area contributed by atoms with Crippen LogP contribution in [0.2, 0.25) is 0 Å². The maximum atomic E-state index is 13.1. The van der Waals surface area contributed by atoms with Crippen LogP contribution in [0.1, 0.15) is 84.0 Å². The zero-order valence-electron chi connectivity index (χ0n) is 16.3. The van der Waals surface area contributed by atoms with Crippen molar-refractivity contribution in [2.24, 2.45) is 0 Å². The van der Waals surface area contributed by atoms with E-state index in [-0.39, 0.29) is 0 Å². The van der Waals surface area contributed by atoms with Crippen LogP contribution in [-0.4, -0.2) is 60.0 Å². The molecule has 3 aliphatic rings. The maximum absolute atomic E-state index is 13.1. The summed E-state index contributed by atoms with van der Waals surface area (Å²) < 4.78 is 0. The number of nitrogens with zero attached hydrogens (tertiary/aromatic N) is 2. The Morgan fingerprint density at radius 2 is 1.52 bits per heavy atom. The number of nitrogens with one attached hydrogen (secondary N) is 1. The number of rotatable bonds is 7. The molecule has 1 amide bonds. The lowest BCUT2D eigenvalue weighted by Crippen LogP contribution is -2.52. The molecule has 1 atom stereocenters. The minimum Gasteiger partial charge on any atom is -0.336 e. The average Bonchev–Trinajstić information content (AvgIpc) is 3.11. The van der Waals surface area contributed by atoms with E-state index in [0.29, 0.717) is 30.6 Å². The number of likely N-dealkylation sites (N-methyl/N-ethyl adjacent to an activating group) is 1. The van der Waals surface area contributed by atoms with Gasteiger partial charge >= 0.3 is 0 Å². The van der Waals surface area contributed by atoms with Gasteiger partial charge in [-0.15, -0.1) is 0 Å². The van der Waals surface area contributed by atoms with Crippen LogP contribution in [0.3, 0.4) is 0 Å². The molecule has 4 heteroatoms. The van der Waals surface area contributed by atoms with Gasteiger partial charge in [0.15, 0.2) is 0 Å². The molecule has 0 aromatic carbocycles. The van der Waals surface area contributed by atoms with Crippen LogP contribution in [0, 0.1) is 0 Å². The van der Waals surface area contributed by atoms with E-state index < -0.39 is 0 Å². The van der Waals surface area contributed by atoms with Gasteiger partial charge in [0.2, 0.25) is 5.91 Å². The molecule has 0 radical (unpaired) electrons. The summed E-state index contributed by atoms with van der Waals surface area (Å²) in [6, 6.07) is 1.67. The van der Waals surface area contributed by atoms with Gasteiger partial charge < -0.3 is 10.2 Å². The molecule has 0 bridgehead atoms. The molecule has 0 aromatic rings. The minimum atomic E-state index is 0.375. The lowest BCUT2D eigenvalue weighted by Gasteiger charge is -2.42. The van der Waals surface area contributed by atoms with Gasteiger partial charge in [0.05, 0.1) is 6.54 Å². The van der Waals surface area contributed by atoms with Gasteiger partial charge in [0, 0.05) is 24.7 Å². The highest BCUT2D eigenvalue weighted by molar-refractivity contribution is 5.79. The molecule has 0 aromatic heterocycles. The van der Waals surface area contributed by atoms with Gasteiger partial charge in [-0.05, 0) is 51.6 Å². The second-order valence-electron chi connectivity index (χ2n) is 8.44. The SMILES string of the molecule is CCN1CCC[C@H]1CNCC(=O)N(C1CCCCC1)C1CCCCC1. The molecular weight excluding hydrogens is 310 g/mol. The molecule has 1 saturated heterocycles. The van der Waals surface area contributed by atoms with Gasteiger partial charge in [-0.1, -0.05) is 45.4 Å². The summed E-state index contributed by atoms with van der Waals surface area (Å²) in [7, 11) is 0. The molecular formula is C21H39N3O. The lowest BCUT2D eigenvalue weighted by atomic mass is 9.88. The first kappa shape index (κ1) is 19.2. The zero-order chi connectivity index (χ0) is 17.5. The van der Waals surface area contributed by atoms with Crippen molar-refractivity contribution < 1.29 is 4.79 Å². The molecule has 1 N–H and O–H groups in total. The van der Waals surface area contributed by atoms with Gasteiger partial charge in [-0.3, -0.25) is 9.69 Å². The summed E-state index contributed by atoms with van der Waals surface area (Å²) >= 11 is 0. The Morgan fingerprint density at radius 3 is 2.08 bits per heavy atom. The number of hydrogen-bond acceptors (Lipinski definition) is 3. The molecule has 25 heavy (non-hydrogen) atoms. The van der Waals surface area contributed by atoms with Crippen LogP contribution in [-0.2, 0) is 4.79 Å². The van der Waals surface area contributed by atoms with Crippen LogP contribution in [0.25, 0.3) is 0 Å². The number of likely N-dealkylation sites (tertiary alicyclic amines) is 1. The topological polar surface area (TPSA) is 35.6 Å². The zero-order valence-corrected chi connectivity index (χ0v) is 16.3. The fraction of sp³-hybridized carbons (Fsp3) is 0.952. The summed E-state index contributed by atoms with van der Waals surface area (Å²) in [4.78, 5) is 18.0. The Labute approximate surface area is 154 Å². The second kappa shape index (κ2) is 9.91. The first-order chi connectivity index (χ1) is 12.3. The smallest absolute Gasteiger partial charge is 0.237 e. The highest BCUT2D eigenvalue weighted by Gasteiger charge is 2.32. The van der Waals surface area contributed by atoms with E-state index in [1.807, 2.05) is 0 Å². The maximum Gasteiger partial charge on any atom is 0.237 e. The van der Waals surface area contributed by atoms with E-state index in [2.05, 4.69) is 22.0 Å². The van der Waals surface area contributed by atoms with E-state index in [9.17, 15) is 4.79 Å². The molecule has 3 rings (SSSR count). The number of amides is 1. The van der Waals surface area contributed by atoms with Crippen LogP contribution in [0.4, 0.5) is 0 Å². The molecule has 4 nitrogen and oxygen atoms in total. The fourth-order valence-corrected chi connectivity index (χ4v) is 5.40. The molecule has 0 spiro atoms. The highest BCUT2D eigenvalue weighted by atomic mass is 16.2. The molecule has 1 heterocycles. The van der Waals surface area contributed by atoms with E-state index in [1.54, 1.807) is 0 Å². The van der Waals surface area contributed by atoms with Gasteiger partial charge in [0.1, 0.15) is 0 Å². The molecule has 1 aliphatic heterocycles. The van der Waals surface area contributed by atoms with Crippen LogP contribution >= 0.6 is 0 Å². The number of carbonyl (C=O) groups excluding carboxylic acids is 1. The number of carbonyl (C=O) groups is 1. The first-order valence-corrected chi connectivity index (χ1v) is 11.1. The Hall–Kier alpha value is -0.610. The van der Waals surface area contributed by atoms with Crippen molar-refractivity contribution in [2.45, 2.75) is 102 Å². The second-order valence-corrected chi connectivity index (χ2v) is 8.44. The fourth-order valence-electron chi connectivity index (χ4n) is 5.40. The minimum absolute atomic E-state index is 0.375. The largest absolute Gasteiger partial charge is 0.336 e. The van der Waals surface area contributed by atoms with Crippen LogP contribution in [0.15, 0.2) is 0 Å². The Balaban J connectivity index is 1.52. The predicted octanol–water partition coefficient (Wildman–Crippen LogP) is 3.55. The quantitative estimate of drug-likeness (QED) is 0.763. The van der Waals surface area contributed by atoms with Crippen LogP contribution in [0.5, 0.6) is 0 Å².